The first-order valence-electron chi connectivity index (χ1n) is 12.2. The van der Waals surface area contributed by atoms with Gasteiger partial charge in [0.25, 0.3) is 11.8 Å². The van der Waals surface area contributed by atoms with E-state index in [2.05, 4.69) is 5.32 Å². The zero-order valence-corrected chi connectivity index (χ0v) is 21.7. The molecule has 0 radical (unpaired) electrons. The number of carbonyl (C=O) groups is 3. The van der Waals surface area contributed by atoms with E-state index in [-0.39, 0.29) is 23.7 Å². The van der Waals surface area contributed by atoms with Gasteiger partial charge in [0, 0.05) is 5.02 Å². The number of rotatable bonds is 8. The van der Waals surface area contributed by atoms with Crippen molar-refractivity contribution < 1.29 is 28.2 Å². The van der Waals surface area contributed by atoms with E-state index < -0.39 is 17.8 Å². The molecule has 4 aromatic rings. The van der Waals surface area contributed by atoms with Crippen LogP contribution in [0.15, 0.2) is 103 Å². The third kappa shape index (κ3) is 6.36. The van der Waals surface area contributed by atoms with Crippen LogP contribution in [-0.4, -0.2) is 17.8 Å². The Morgan fingerprint density at radius 1 is 0.775 bits per heavy atom. The van der Waals surface area contributed by atoms with Gasteiger partial charge in [-0.25, -0.2) is 14.1 Å². The number of halogens is 2. The summed E-state index contributed by atoms with van der Waals surface area (Å²) >= 11 is 5.91. The SMILES string of the molecule is O=C1NC(=O)N(c2ccc(OCc3ccc(Cl)cc3)cc2)C(=O)/C1=C\c1cccc(OCc2cccc(F)c2)c1. The maximum atomic E-state index is 13.4. The molecule has 0 aliphatic carbocycles. The molecule has 4 aromatic carbocycles. The first-order valence-corrected chi connectivity index (χ1v) is 12.6. The molecule has 0 atom stereocenters. The number of nitrogens with zero attached hydrogens (tertiary/aromatic N) is 1. The van der Waals surface area contributed by atoms with Gasteiger partial charge in [-0.1, -0.05) is 48.0 Å². The smallest absolute Gasteiger partial charge is 0.335 e. The fourth-order valence-electron chi connectivity index (χ4n) is 3.98. The Kier molecular flexibility index (Phi) is 7.89. The topological polar surface area (TPSA) is 84.9 Å². The lowest BCUT2D eigenvalue weighted by Gasteiger charge is -2.26. The van der Waals surface area contributed by atoms with Crippen LogP contribution in [0.2, 0.25) is 5.02 Å². The molecule has 0 unspecified atom stereocenters. The van der Waals surface area contributed by atoms with E-state index >= 15 is 0 Å². The highest BCUT2D eigenvalue weighted by Crippen LogP contribution is 2.26. The monoisotopic (exact) mass is 556 g/mol. The molecule has 1 saturated heterocycles. The van der Waals surface area contributed by atoms with E-state index in [4.69, 9.17) is 21.1 Å². The predicted molar refractivity (Wildman–Crippen MR) is 148 cm³/mol. The summed E-state index contributed by atoms with van der Waals surface area (Å²) in [7, 11) is 0. The van der Waals surface area contributed by atoms with Gasteiger partial charge >= 0.3 is 6.03 Å². The number of amides is 4. The molecular formula is C31H22ClFN2O5. The van der Waals surface area contributed by atoms with Crippen molar-refractivity contribution in [2.75, 3.05) is 4.90 Å². The minimum Gasteiger partial charge on any atom is -0.489 e. The van der Waals surface area contributed by atoms with Crippen LogP contribution in [0.1, 0.15) is 16.7 Å². The van der Waals surface area contributed by atoms with E-state index in [0.717, 1.165) is 10.5 Å². The summed E-state index contributed by atoms with van der Waals surface area (Å²) in [6.07, 6.45) is 1.38. The van der Waals surface area contributed by atoms with Crippen LogP contribution in [0.4, 0.5) is 14.9 Å². The molecular weight excluding hydrogens is 535 g/mol. The Morgan fingerprint density at radius 2 is 1.48 bits per heavy atom. The highest BCUT2D eigenvalue weighted by Gasteiger charge is 2.36. The van der Waals surface area contributed by atoms with Crippen molar-refractivity contribution in [1.82, 2.24) is 5.32 Å². The number of hydrogen-bond donors (Lipinski definition) is 1. The van der Waals surface area contributed by atoms with E-state index in [1.54, 1.807) is 72.8 Å². The molecule has 0 bridgehead atoms. The Hall–Kier alpha value is -4.95. The van der Waals surface area contributed by atoms with Gasteiger partial charge in [0.05, 0.1) is 5.69 Å². The molecule has 0 spiro atoms. The number of barbiturate groups is 1. The van der Waals surface area contributed by atoms with Crippen molar-refractivity contribution in [2.45, 2.75) is 13.2 Å². The second kappa shape index (κ2) is 11.8. The summed E-state index contributed by atoms with van der Waals surface area (Å²) in [6, 6.07) is 25.6. The maximum Gasteiger partial charge on any atom is 0.335 e. The molecule has 0 aromatic heterocycles. The zero-order chi connectivity index (χ0) is 28.1. The molecule has 7 nitrogen and oxygen atoms in total. The average molecular weight is 557 g/mol. The van der Waals surface area contributed by atoms with Crippen LogP contribution in [0.5, 0.6) is 11.5 Å². The van der Waals surface area contributed by atoms with Crippen LogP contribution < -0.4 is 19.7 Å². The van der Waals surface area contributed by atoms with Gasteiger partial charge < -0.3 is 9.47 Å². The molecule has 0 saturated carbocycles. The minimum absolute atomic E-state index is 0.138. The number of urea groups is 1. The van der Waals surface area contributed by atoms with E-state index in [9.17, 15) is 18.8 Å². The highest BCUT2D eigenvalue weighted by atomic mass is 35.5. The van der Waals surface area contributed by atoms with Gasteiger partial charge in [0.15, 0.2) is 0 Å². The lowest BCUT2D eigenvalue weighted by atomic mass is 10.1. The summed E-state index contributed by atoms with van der Waals surface area (Å²) in [6.45, 7) is 0.449. The number of anilines is 1. The minimum atomic E-state index is -0.853. The lowest BCUT2D eigenvalue weighted by Crippen LogP contribution is -2.54. The van der Waals surface area contributed by atoms with Crippen LogP contribution in [0, 0.1) is 5.82 Å². The second-order valence-electron chi connectivity index (χ2n) is 8.86. The molecule has 200 valence electrons. The average Bonchev–Trinajstić information content (AvgIpc) is 2.95. The Bertz CT molecular complexity index is 1600. The summed E-state index contributed by atoms with van der Waals surface area (Å²) < 4.78 is 24.9. The summed E-state index contributed by atoms with van der Waals surface area (Å²) in [4.78, 5) is 39.3. The molecule has 1 aliphatic rings. The molecule has 4 amide bonds. The molecule has 1 fully saturated rings. The van der Waals surface area contributed by atoms with Gasteiger partial charge in [0.1, 0.15) is 36.1 Å². The number of hydrogen-bond acceptors (Lipinski definition) is 5. The predicted octanol–water partition coefficient (Wildman–Crippen LogP) is 6.30. The number of carbonyl (C=O) groups excluding carboxylic acids is 3. The first-order chi connectivity index (χ1) is 19.4. The summed E-state index contributed by atoms with van der Waals surface area (Å²) in [5.41, 5.74) is 2.14. The van der Waals surface area contributed by atoms with Crippen LogP contribution in [0.3, 0.4) is 0 Å². The molecule has 9 heteroatoms. The molecule has 1 heterocycles. The first kappa shape index (κ1) is 26.6. The van der Waals surface area contributed by atoms with Crippen LogP contribution in [-0.2, 0) is 22.8 Å². The van der Waals surface area contributed by atoms with Crippen molar-refractivity contribution in [3.05, 3.63) is 130 Å². The maximum absolute atomic E-state index is 13.4. The third-order valence-corrected chi connectivity index (χ3v) is 6.23. The van der Waals surface area contributed by atoms with E-state index in [1.807, 2.05) is 12.1 Å². The van der Waals surface area contributed by atoms with Gasteiger partial charge in [-0.15, -0.1) is 0 Å². The highest BCUT2D eigenvalue weighted by molar-refractivity contribution is 6.39. The normalized spacial score (nSPS) is 14.3. The van der Waals surface area contributed by atoms with Crippen molar-refractivity contribution in [3.63, 3.8) is 0 Å². The summed E-state index contributed by atoms with van der Waals surface area (Å²) in [5.74, 6) is -0.939. The van der Waals surface area contributed by atoms with Crippen molar-refractivity contribution in [2.24, 2.45) is 0 Å². The molecule has 1 aliphatic heterocycles. The molecule has 40 heavy (non-hydrogen) atoms. The Morgan fingerprint density at radius 3 is 2.23 bits per heavy atom. The van der Waals surface area contributed by atoms with E-state index in [0.29, 0.717) is 34.3 Å². The largest absolute Gasteiger partial charge is 0.489 e. The molecule has 5 rings (SSSR count). The zero-order valence-electron chi connectivity index (χ0n) is 21.0. The Labute approximate surface area is 234 Å². The van der Waals surface area contributed by atoms with Crippen molar-refractivity contribution in [3.8, 4) is 11.5 Å². The number of imide groups is 2. The van der Waals surface area contributed by atoms with Crippen molar-refractivity contribution >= 4 is 41.2 Å². The third-order valence-electron chi connectivity index (χ3n) is 5.98. The fourth-order valence-corrected chi connectivity index (χ4v) is 4.11. The van der Waals surface area contributed by atoms with Crippen LogP contribution in [0.25, 0.3) is 6.08 Å². The van der Waals surface area contributed by atoms with E-state index in [1.165, 1.54) is 18.2 Å². The molecule has 1 N–H and O–H groups in total. The van der Waals surface area contributed by atoms with Crippen LogP contribution >= 0.6 is 11.6 Å². The quantitative estimate of drug-likeness (QED) is 0.203. The lowest BCUT2D eigenvalue weighted by molar-refractivity contribution is -0.122. The standard InChI is InChI=1S/C31H22ClFN2O5/c32-23-9-7-20(8-10-23)18-39-26-13-11-25(12-14-26)35-30(37)28(29(36)34-31(35)38)17-21-3-2-6-27(16-21)40-19-22-4-1-5-24(33)15-22/h1-17H,18-19H2,(H,34,36,38)/b28-17-. The van der Waals surface area contributed by atoms with Gasteiger partial charge in [0.2, 0.25) is 0 Å². The number of benzene rings is 4. The fraction of sp³-hybridized carbons (Fsp3) is 0.0645. The second-order valence-corrected chi connectivity index (χ2v) is 9.29. The summed E-state index contributed by atoms with van der Waals surface area (Å²) in [5, 5.41) is 2.84. The van der Waals surface area contributed by atoms with Crippen molar-refractivity contribution in [1.29, 1.82) is 0 Å². The number of nitrogens with one attached hydrogen (secondary N) is 1. The van der Waals surface area contributed by atoms with Gasteiger partial charge in [-0.2, -0.15) is 0 Å². The number of ether oxygens (including phenoxy) is 2. The Balaban J connectivity index is 1.29. The van der Waals surface area contributed by atoms with Gasteiger partial charge in [-0.3, -0.25) is 14.9 Å². The van der Waals surface area contributed by atoms with Gasteiger partial charge in [-0.05, 0) is 83.4 Å².